The van der Waals surface area contributed by atoms with Crippen LogP contribution < -0.4 is 15.5 Å². The number of esters is 2. The predicted molar refractivity (Wildman–Crippen MR) is 178 cm³/mol. The van der Waals surface area contributed by atoms with Crippen LogP contribution in [0.25, 0.3) is 0 Å². The summed E-state index contributed by atoms with van der Waals surface area (Å²) in [5, 5.41) is 7.36. The van der Waals surface area contributed by atoms with Gasteiger partial charge in [0.05, 0.1) is 26.4 Å². The highest BCUT2D eigenvalue weighted by Gasteiger charge is 2.38. The zero-order valence-electron chi connectivity index (χ0n) is 29.0. The molecule has 3 fully saturated rings. The Labute approximate surface area is 273 Å². The van der Waals surface area contributed by atoms with Crippen molar-refractivity contribution in [3.8, 4) is 0 Å². The highest BCUT2D eigenvalue weighted by molar-refractivity contribution is 6.24. The van der Waals surface area contributed by atoms with Gasteiger partial charge in [0.15, 0.2) is 0 Å². The number of carbonyl (C=O) groups excluding carboxylic acids is 2. The molecule has 0 atom stereocenters. The maximum absolute atomic E-state index is 12.5. The van der Waals surface area contributed by atoms with Crippen molar-refractivity contribution < 1.29 is 23.8 Å². The molecule has 0 aromatic carbocycles. The second-order valence-electron chi connectivity index (χ2n) is 15.6. The highest BCUT2D eigenvalue weighted by atomic mass is 16.5. The topological polar surface area (TPSA) is 153 Å². The van der Waals surface area contributed by atoms with Gasteiger partial charge in [0.1, 0.15) is 12.4 Å². The van der Waals surface area contributed by atoms with Crippen molar-refractivity contribution in [2.45, 2.75) is 116 Å². The lowest BCUT2D eigenvalue weighted by Crippen LogP contribution is -2.57. The summed E-state index contributed by atoms with van der Waals surface area (Å²) >= 11 is 0. The minimum atomic E-state index is -0.574. The fourth-order valence-corrected chi connectivity index (χ4v) is 7.79. The van der Waals surface area contributed by atoms with Gasteiger partial charge in [-0.1, -0.05) is 0 Å². The van der Waals surface area contributed by atoms with Gasteiger partial charge in [-0.25, -0.2) is 19.6 Å². The van der Waals surface area contributed by atoms with Crippen LogP contribution in [0.1, 0.15) is 93.9 Å². The van der Waals surface area contributed by atoms with E-state index in [1.165, 1.54) is 0 Å². The third-order valence-electron chi connectivity index (χ3n) is 8.56. The Morgan fingerprint density at radius 2 is 1.13 bits per heavy atom. The summed E-state index contributed by atoms with van der Waals surface area (Å²) in [6.45, 7) is 20.5. The number of anilines is 1. The summed E-state index contributed by atoms with van der Waals surface area (Å²) in [6, 6.07) is 0. The average molecular weight is 643 g/mol. The quantitative estimate of drug-likeness (QED) is 0.265. The molecular formula is C33H54N8O5. The van der Waals surface area contributed by atoms with Crippen LogP contribution in [-0.4, -0.2) is 101 Å². The van der Waals surface area contributed by atoms with E-state index >= 15 is 0 Å². The molecule has 13 nitrogen and oxygen atoms in total. The van der Waals surface area contributed by atoms with E-state index in [0.29, 0.717) is 57.3 Å². The van der Waals surface area contributed by atoms with E-state index in [1.54, 1.807) is 0 Å². The summed E-state index contributed by atoms with van der Waals surface area (Å²) in [5.41, 5.74) is 0.141. The normalized spacial score (nSPS) is 23.1. The van der Waals surface area contributed by atoms with Crippen molar-refractivity contribution in [2.75, 3.05) is 44.4 Å². The van der Waals surface area contributed by atoms with Crippen LogP contribution in [0.2, 0.25) is 0 Å². The first-order valence-electron chi connectivity index (χ1n) is 16.6. The van der Waals surface area contributed by atoms with E-state index in [2.05, 4.69) is 91.0 Å². The van der Waals surface area contributed by atoms with E-state index in [-0.39, 0.29) is 34.1 Å². The number of nitrogens with one attached hydrogen (secondary N) is 2. The molecule has 0 amide bonds. The van der Waals surface area contributed by atoms with Gasteiger partial charge in [0, 0.05) is 35.2 Å². The SMILES string of the molecule is CC1(C)CC(CCOC(=O)C=Nc2nc(N=CC(=O)OCCC3CC(C)(C)NC(C)(C)C3)nc(N3CCOCC3)n2)CC(C)(C)N1. The predicted octanol–water partition coefficient (Wildman–Crippen LogP) is 4.09. The molecule has 3 aliphatic heterocycles. The number of morpholine rings is 1. The highest BCUT2D eigenvalue weighted by Crippen LogP contribution is 2.35. The van der Waals surface area contributed by atoms with E-state index in [4.69, 9.17) is 14.2 Å². The van der Waals surface area contributed by atoms with E-state index in [9.17, 15) is 9.59 Å². The minimum Gasteiger partial charge on any atom is -0.461 e. The van der Waals surface area contributed by atoms with Crippen LogP contribution in [0, 0.1) is 11.8 Å². The molecular weight excluding hydrogens is 588 g/mol. The van der Waals surface area contributed by atoms with Crippen LogP contribution in [0.15, 0.2) is 9.98 Å². The van der Waals surface area contributed by atoms with Crippen molar-refractivity contribution in [1.29, 1.82) is 0 Å². The van der Waals surface area contributed by atoms with Crippen LogP contribution in [0.5, 0.6) is 0 Å². The molecule has 4 rings (SSSR count). The van der Waals surface area contributed by atoms with Crippen molar-refractivity contribution in [1.82, 2.24) is 25.6 Å². The molecule has 0 radical (unpaired) electrons. The summed E-state index contributed by atoms with van der Waals surface area (Å²) in [4.78, 5) is 48.3. The minimum absolute atomic E-state index is 0.00745. The monoisotopic (exact) mass is 642 g/mol. The van der Waals surface area contributed by atoms with Crippen LogP contribution >= 0.6 is 0 Å². The molecule has 4 heterocycles. The Morgan fingerprint density at radius 1 is 0.739 bits per heavy atom. The Hall–Kier alpha value is -3.03. The maximum atomic E-state index is 12.5. The summed E-state index contributed by atoms with van der Waals surface area (Å²) in [6.07, 6.45) is 7.77. The average Bonchev–Trinajstić information content (AvgIpc) is 2.92. The molecule has 0 aliphatic carbocycles. The second kappa shape index (κ2) is 14.8. The van der Waals surface area contributed by atoms with Gasteiger partial charge in [-0.3, -0.25) is 0 Å². The lowest BCUT2D eigenvalue weighted by atomic mass is 9.75. The largest absolute Gasteiger partial charge is 0.461 e. The van der Waals surface area contributed by atoms with Crippen molar-refractivity contribution in [3.05, 3.63) is 0 Å². The molecule has 1 aromatic rings. The van der Waals surface area contributed by atoms with Crippen molar-refractivity contribution in [3.63, 3.8) is 0 Å². The number of hydrogen-bond donors (Lipinski definition) is 2. The van der Waals surface area contributed by atoms with E-state index in [0.717, 1.165) is 51.0 Å². The first kappa shape index (κ1) is 35.8. The molecule has 46 heavy (non-hydrogen) atoms. The Morgan fingerprint density at radius 3 is 1.52 bits per heavy atom. The van der Waals surface area contributed by atoms with Gasteiger partial charge in [-0.05, 0) is 106 Å². The number of aromatic nitrogens is 3. The van der Waals surface area contributed by atoms with Crippen molar-refractivity contribution in [2.24, 2.45) is 21.8 Å². The lowest BCUT2D eigenvalue weighted by molar-refractivity contribution is -0.136. The summed E-state index contributed by atoms with van der Waals surface area (Å²) < 4.78 is 16.4. The zero-order valence-corrected chi connectivity index (χ0v) is 29.0. The van der Waals surface area contributed by atoms with Gasteiger partial charge < -0.3 is 29.7 Å². The van der Waals surface area contributed by atoms with Crippen LogP contribution in [0.4, 0.5) is 17.8 Å². The Bertz CT molecular complexity index is 1160. The maximum Gasteiger partial charge on any atom is 0.349 e. The molecule has 3 aliphatic rings. The number of piperidine rings is 2. The number of aliphatic imine (C=N–C) groups is 2. The van der Waals surface area contributed by atoms with E-state index < -0.39 is 11.9 Å². The van der Waals surface area contributed by atoms with Crippen LogP contribution in [0.3, 0.4) is 0 Å². The molecule has 0 bridgehead atoms. The molecule has 13 heteroatoms. The first-order chi connectivity index (χ1) is 21.5. The Kier molecular flexibility index (Phi) is 11.5. The first-order valence-corrected chi connectivity index (χ1v) is 16.6. The Balaban J connectivity index is 1.33. The van der Waals surface area contributed by atoms with Gasteiger partial charge in [-0.2, -0.15) is 15.0 Å². The number of carbonyl (C=O) groups is 2. The molecule has 0 spiro atoms. The third kappa shape index (κ3) is 11.6. The summed E-state index contributed by atoms with van der Waals surface area (Å²) in [5.74, 6) is 0.0773. The molecule has 3 saturated heterocycles. The number of ether oxygens (including phenoxy) is 3. The number of nitrogens with zero attached hydrogens (tertiary/aromatic N) is 6. The van der Waals surface area contributed by atoms with Crippen molar-refractivity contribution >= 4 is 42.2 Å². The standard InChI is InChI=1S/C33H54N8O5/c1-30(2)17-23(18-31(3,4)39-30)9-13-45-25(42)21-34-27-36-28(38-29(37-27)41-11-15-44-16-12-41)35-22-26(43)46-14-10-24-19-32(5,6)40-33(7,8)20-24/h21-24,39-40H,9-20H2,1-8H3. The fourth-order valence-electron chi connectivity index (χ4n) is 7.79. The van der Waals surface area contributed by atoms with Gasteiger partial charge in [-0.15, -0.1) is 0 Å². The third-order valence-corrected chi connectivity index (χ3v) is 8.56. The van der Waals surface area contributed by atoms with Gasteiger partial charge >= 0.3 is 11.9 Å². The van der Waals surface area contributed by atoms with E-state index in [1.807, 2.05) is 4.90 Å². The molecule has 1 aromatic heterocycles. The smallest absolute Gasteiger partial charge is 0.349 e. The molecule has 0 unspecified atom stereocenters. The lowest BCUT2D eigenvalue weighted by Gasteiger charge is -2.46. The van der Waals surface area contributed by atoms with Gasteiger partial charge in [0.2, 0.25) is 5.95 Å². The fraction of sp³-hybridized carbons (Fsp3) is 0.788. The van der Waals surface area contributed by atoms with Crippen LogP contribution in [-0.2, 0) is 23.8 Å². The summed E-state index contributed by atoms with van der Waals surface area (Å²) in [7, 11) is 0. The second-order valence-corrected chi connectivity index (χ2v) is 15.6. The zero-order chi connectivity index (χ0) is 33.6. The number of hydrogen-bond acceptors (Lipinski definition) is 13. The molecule has 2 N–H and O–H groups in total. The molecule has 0 saturated carbocycles. The molecule has 256 valence electrons. The number of rotatable bonds is 11. The van der Waals surface area contributed by atoms with Gasteiger partial charge in [0.25, 0.3) is 11.9 Å².